The lowest BCUT2D eigenvalue weighted by molar-refractivity contribution is -0.146. The van der Waals surface area contributed by atoms with Gasteiger partial charge in [-0.25, -0.2) is 9.18 Å². The molecule has 1 atom stereocenters. The zero-order chi connectivity index (χ0) is 16.5. The Morgan fingerprint density at radius 1 is 1.05 bits per heavy atom. The average molecular weight is 314 g/mol. The zero-order valence-electron chi connectivity index (χ0n) is 10.9. The van der Waals surface area contributed by atoms with Crippen LogP contribution >= 0.6 is 0 Å². The second-order valence-corrected chi connectivity index (χ2v) is 4.52. The maximum absolute atomic E-state index is 13.8. The van der Waals surface area contributed by atoms with Gasteiger partial charge in [-0.1, -0.05) is 24.3 Å². The van der Waals surface area contributed by atoms with Gasteiger partial charge >= 0.3 is 12.1 Å². The summed E-state index contributed by atoms with van der Waals surface area (Å²) in [5, 5.41) is 18.2. The molecule has 0 aliphatic rings. The van der Waals surface area contributed by atoms with Crippen molar-refractivity contribution in [2.24, 2.45) is 0 Å². The Hall–Kier alpha value is -2.41. The molecule has 2 N–H and O–H groups in total. The normalized spacial score (nSPS) is 13.0. The molecule has 2 aromatic rings. The predicted molar refractivity (Wildman–Crippen MR) is 69.4 cm³/mol. The number of rotatable bonds is 3. The first-order valence-corrected chi connectivity index (χ1v) is 6.08. The van der Waals surface area contributed by atoms with Crippen LogP contribution in [0.25, 0.3) is 11.1 Å². The molecule has 0 radical (unpaired) electrons. The first kappa shape index (κ1) is 16.0. The van der Waals surface area contributed by atoms with E-state index < -0.39 is 35.2 Å². The van der Waals surface area contributed by atoms with Crippen LogP contribution in [0.15, 0.2) is 42.5 Å². The van der Waals surface area contributed by atoms with Gasteiger partial charge < -0.3 is 10.2 Å². The Labute approximate surface area is 122 Å². The van der Waals surface area contributed by atoms with E-state index in [-0.39, 0.29) is 11.1 Å². The number of hydrogen-bond acceptors (Lipinski definition) is 2. The lowest BCUT2D eigenvalue weighted by Crippen LogP contribution is -2.13. The van der Waals surface area contributed by atoms with E-state index in [1.165, 1.54) is 12.1 Å². The summed E-state index contributed by atoms with van der Waals surface area (Å²) in [6, 6.07) is 7.14. The SMILES string of the molecule is O=C(O)C(O)c1ccc(C(F)(F)F)c(-c2ccccc2F)c1. The van der Waals surface area contributed by atoms with Crippen molar-refractivity contribution in [1.82, 2.24) is 0 Å². The van der Waals surface area contributed by atoms with Crippen LogP contribution in [0.3, 0.4) is 0 Å². The van der Waals surface area contributed by atoms with Crippen molar-refractivity contribution >= 4 is 5.97 Å². The van der Waals surface area contributed by atoms with Gasteiger partial charge in [0.1, 0.15) is 5.82 Å². The average Bonchev–Trinajstić information content (AvgIpc) is 2.45. The summed E-state index contributed by atoms with van der Waals surface area (Å²) < 4.78 is 53.0. The molecule has 0 aliphatic carbocycles. The van der Waals surface area contributed by atoms with E-state index in [4.69, 9.17) is 5.11 Å². The van der Waals surface area contributed by atoms with Crippen molar-refractivity contribution in [3.05, 3.63) is 59.4 Å². The maximum atomic E-state index is 13.8. The topological polar surface area (TPSA) is 57.5 Å². The number of carbonyl (C=O) groups is 1. The van der Waals surface area contributed by atoms with E-state index >= 15 is 0 Å². The Kier molecular flexibility index (Phi) is 4.18. The molecule has 3 nitrogen and oxygen atoms in total. The van der Waals surface area contributed by atoms with Gasteiger partial charge in [-0.3, -0.25) is 0 Å². The van der Waals surface area contributed by atoms with Gasteiger partial charge in [-0.15, -0.1) is 0 Å². The minimum absolute atomic E-state index is 0.265. The molecule has 0 saturated carbocycles. The fraction of sp³-hybridized carbons (Fsp3) is 0.133. The number of benzene rings is 2. The first-order chi connectivity index (χ1) is 10.2. The highest BCUT2D eigenvalue weighted by Crippen LogP contribution is 2.39. The summed E-state index contributed by atoms with van der Waals surface area (Å²) in [6.07, 6.45) is -6.74. The summed E-state index contributed by atoms with van der Waals surface area (Å²) in [6.45, 7) is 0. The van der Waals surface area contributed by atoms with Crippen molar-refractivity contribution < 1.29 is 32.6 Å². The Morgan fingerprint density at radius 2 is 1.68 bits per heavy atom. The lowest BCUT2D eigenvalue weighted by Gasteiger charge is -2.16. The number of hydrogen-bond donors (Lipinski definition) is 2. The third-order valence-corrected chi connectivity index (χ3v) is 3.06. The van der Waals surface area contributed by atoms with Crippen LogP contribution in [0.5, 0.6) is 0 Å². The third kappa shape index (κ3) is 3.09. The smallest absolute Gasteiger partial charge is 0.417 e. The number of aliphatic hydroxyl groups excluding tert-OH is 1. The van der Waals surface area contributed by atoms with Crippen molar-refractivity contribution in [2.45, 2.75) is 12.3 Å². The molecular formula is C15H10F4O3. The van der Waals surface area contributed by atoms with Gasteiger partial charge in [-0.2, -0.15) is 13.2 Å². The number of aliphatic hydroxyl groups is 1. The van der Waals surface area contributed by atoms with E-state index in [1.807, 2.05) is 0 Å². The second-order valence-electron chi connectivity index (χ2n) is 4.52. The highest BCUT2D eigenvalue weighted by atomic mass is 19.4. The van der Waals surface area contributed by atoms with Crippen molar-refractivity contribution in [3.63, 3.8) is 0 Å². The van der Waals surface area contributed by atoms with Crippen LogP contribution in [0, 0.1) is 5.82 Å². The first-order valence-electron chi connectivity index (χ1n) is 6.08. The largest absolute Gasteiger partial charge is 0.479 e. The molecule has 0 saturated heterocycles. The number of alkyl halides is 3. The molecule has 0 heterocycles. The van der Waals surface area contributed by atoms with Crippen LogP contribution in [0.1, 0.15) is 17.2 Å². The fourth-order valence-electron chi connectivity index (χ4n) is 2.02. The minimum Gasteiger partial charge on any atom is -0.479 e. The highest BCUT2D eigenvalue weighted by Gasteiger charge is 2.35. The molecule has 2 aromatic carbocycles. The van der Waals surface area contributed by atoms with Gasteiger partial charge in [0.2, 0.25) is 0 Å². The molecule has 0 fully saturated rings. The van der Waals surface area contributed by atoms with Crippen LogP contribution < -0.4 is 0 Å². The van der Waals surface area contributed by atoms with Crippen LogP contribution in [-0.2, 0) is 11.0 Å². The molecule has 0 amide bonds. The molecule has 22 heavy (non-hydrogen) atoms. The Balaban J connectivity index is 2.69. The van der Waals surface area contributed by atoms with E-state index in [0.29, 0.717) is 6.07 Å². The number of carboxylic acid groups (broad SMARTS) is 1. The maximum Gasteiger partial charge on any atom is 0.417 e. The second kappa shape index (κ2) is 5.76. The predicted octanol–water partition coefficient (Wildman–Crippen LogP) is 3.63. The number of aliphatic carboxylic acids is 1. The van der Waals surface area contributed by atoms with Gasteiger partial charge in [0.05, 0.1) is 5.56 Å². The van der Waals surface area contributed by atoms with E-state index in [2.05, 4.69) is 0 Å². The Morgan fingerprint density at radius 3 is 2.23 bits per heavy atom. The van der Waals surface area contributed by atoms with Crippen LogP contribution in [0.2, 0.25) is 0 Å². The van der Waals surface area contributed by atoms with Crippen molar-refractivity contribution in [2.75, 3.05) is 0 Å². The van der Waals surface area contributed by atoms with Crippen molar-refractivity contribution in [1.29, 1.82) is 0 Å². The van der Waals surface area contributed by atoms with Crippen LogP contribution in [0.4, 0.5) is 17.6 Å². The fourth-order valence-corrected chi connectivity index (χ4v) is 2.02. The van der Waals surface area contributed by atoms with E-state index in [1.54, 1.807) is 0 Å². The molecule has 1 unspecified atom stereocenters. The van der Waals surface area contributed by atoms with E-state index in [9.17, 15) is 27.5 Å². The highest BCUT2D eigenvalue weighted by molar-refractivity contribution is 5.76. The number of carboxylic acids is 1. The van der Waals surface area contributed by atoms with Crippen LogP contribution in [-0.4, -0.2) is 16.2 Å². The molecular weight excluding hydrogens is 304 g/mol. The third-order valence-electron chi connectivity index (χ3n) is 3.06. The summed E-state index contributed by atoms with van der Waals surface area (Å²) in [5.41, 5.74) is -2.23. The van der Waals surface area contributed by atoms with Crippen molar-refractivity contribution in [3.8, 4) is 11.1 Å². The summed E-state index contributed by atoms with van der Waals surface area (Å²) in [4.78, 5) is 10.8. The van der Waals surface area contributed by atoms with E-state index in [0.717, 1.165) is 24.3 Å². The van der Waals surface area contributed by atoms with Gasteiger partial charge in [0, 0.05) is 5.56 Å². The quantitative estimate of drug-likeness (QED) is 0.851. The van der Waals surface area contributed by atoms with Gasteiger partial charge in [-0.05, 0) is 29.3 Å². The molecule has 0 spiro atoms. The molecule has 0 aliphatic heterocycles. The molecule has 2 rings (SSSR count). The summed E-state index contributed by atoms with van der Waals surface area (Å²) in [5.74, 6) is -2.49. The Bertz CT molecular complexity index is 710. The summed E-state index contributed by atoms with van der Waals surface area (Å²) >= 11 is 0. The number of halogens is 4. The minimum atomic E-state index is -4.75. The zero-order valence-corrected chi connectivity index (χ0v) is 10.9. The molecule has 7 heteroatoms. The van der Waals surface area contributed by atoms with Gasteiger partial charge in [0.15, 0.2) is 6.10 Å². The summed E-state index contributed by atoms with van der Waals surface area (Å²) in [7, 11) is 0. The molecule has 0 aromatic heterocycles. The van der Waals surface area contributed by atoms with Gasteiger partial charge in [0.25, 0.3) is 0 Å². The molecule has 116 valence electrons. The lowest BCUT2D eigenvalue weighted by atomic mass is 9.95. The molecule has 0 bridgehead atoms. The standard InChI is InChI=1S/C15H10F4O3/c16-12-4-2-1-3-9(12)10-7-8(13(20)14(21)22)5-6-11(10)15(17,18)19/h1-7,13,20H,(H,21,22). The monoisotopic (exact) mass is 314 g/mol.